The van der Waals surface area contributed by atoms with E-state index in [1.807, 2.05) is 31.3 Å². The van der Waals surface area contributed by atoms with Gasteiger partial charge in [0.1, 0.15) is 10.8 Å². The van der Waals surface area contributed by atoms with Crippen LogP contribution in [-0.4, -0.2) is 16.9 Å². The van der Waals surface area contributed by atoms with Crippen LogP contribution in [0.15, 0.2) is 48.5 Å². The minimum atomic E-state index is -0.184. The molecule has 0 amide bonds. The molecule has 0 aliphatic rings. The topological polar surface area (TPSA) is 16.1 Å². The Kier molecular flexibility index (Phi) is 3.76. The fraction of sp³-hybridized carbons (Fsp3) is 0.188. The number of aromatic nitrogens is 1. The summed E-state index contributed by atoms with van der Waals surface area (Å²) in [5, 5.41) is 1.09. The van der Waals surface area contributed by atoms with Gasteiger partial charge in [0.25, 0.3) is 0 Å². The third-order valence-electron chi connectivity index (χ3n) is 3.08. The molecule has 0 bridgehead atoms. The summed E-state index contributed by atoms with van der Waals surface area (Å²) in [7, 11) is 2.02. The lowest BCUT2D eigenvalue weighted by atomic mass is 10.2. The summed E-state index contributed by atoms with van der Waals surface area (Å²) < 4.78 is 14.4. The molecule has 0 aliphatic carbocycles. The number of para-hydroxylation sites is 1. The number of nitrogens with zero attached hydrogens (tertiary/aromatic N) is 2. The van der Waals surface area contributed by atoms with Crippen molar-refractivity contribution in [3.63, 3.8) is 0 Å². The Bertz CT molecular complexity index is 690. The zero-order chi connectivity index (χ0) is 13.9. The normalized spacial score (nSPS) is 11.3. The molecule has 1 aromatic heterocycles. The molecule has 0 fully saturated rings. The minimum absolute atomic E-state index is 0.184. The highest BCUT2D eigenvalue weighted by Crippen LogP contribution is 2.22. The molecule has 20 heavy (non-hydrogen) atoms. The lowest BCUT2D eigenvalue weighted by molar-refractivity contribution is 0.318. The average molecular weight is 286 g/mol. The highest BCUT2D eigenvalue weighted by molar-refractivity contribution is 7.18. The summed E-state index contributed by atoms with van der Waals surface area (Å²) in [5.41, 5.74) is 2.03. The van der Waals surface area contributed by atoms with Gasteiger partial charge in [-0.1, -0.05) is 24.3 Å². The third-order valence-corrected chi connectivity index (χ3v) is 4.11. The van der Waals surface area contributed by atoms with Crippen LogP contribution in [-0.2, 0) is 13.1 Å². The molecule has 0 radical (unpaired) electrons. The third kappa shape index (κ3) is 3.03. The van der Waals surface area contributed by atoms with E-state index < -0.39 is 0 Å². The fourth-order valence-electron chi connectivity index (χ4n) is 2.22. The van der Waals surface area contributed by atoms with E-state index in [1.165, 1.54) is 10.8 Å². The van der Waals surface area contributed by atoms with Gasteiger partial charge in [0.2, 0.25) is 0 Å². The lowest BCUT2D eigenvalue weighted by Gasteiger charge is -2.14. The van der Waals surface area contributed by atoms with Gasteiger partial charge in [0.15, 0.2) is 0 Å². The molecular formula is C16H15FN2S. The van der Waals surface area contributed by atoms with Crippen LogP contribution in [0.3, 0.4) is 0 Å². The van der Waals surface area contributed by atoms with Crippen molar-refractivity contribution >= 4 is 21.6 Å². The van der Waals surface area contributed by atoms with E-state index >= 15 is 0 Å². The predicted octanol–water partition coefficient (Wildman–Crippen LogP) is 4.07. The minimum Gasteiger partial charge on any atom is -0.295 e. The van der Waals surface area contributed by atoms with E-state index in [-0.39, 0.29) is 5.82 Å². The van der Waals surface area contributed by atoms with Crippen molar-refractivity contribution in [3.05, 3.63) is 64.9 Å². The molecule has 2 aromatic carbocycles. The molecule has 3 rings (SSSR count). The van der Waals surface area contributed by atoms with E-state index in [0.29, 0.717) is 6.54 Å². The maximum Gasteiger partial charge on any atom is 0.123 e. The molecule has 102 valence electrons. The van der Waals surface area contributed by atoms with Crippen LogP contribution in [0.2, 0.25) is 0 Å². The Hall–Kier alpha value is -1.78. The summed E-state index contributed by atoms with van der Waals surface area (Å²) in [6, 6.07) is 14.9. The van der Waals surface area contributed by atoms with Crippen molar-refractivity contribution in [2.75, 3.05) is 7.05 Å². The van der Waals surface area contributed by atoms with Crippen molar-refractivity contribution in [2.45, 2.75) is 13.1 Å². The first-order chi connectivity index (χ1) is 9.70. The van der Waals surface area contributed by atoms with Gasteiger partial charge < -0.3 is 0 Å². The van der Waals surface area contributed by atoms with Gasteiger partial charge in [-0.2, -0.15) is 0 Å². The standard InChI is InChI=1S/C16H15FN2S/c1-19(10-12-5-4-6-13(17)9-12)11-16-18-14-7-2-3-8-15(14)20-16/h2-9H,10-11H2,1H3. The molecule has 3 aromatic rings. The summed E-state index contributed by atoms with van der Waals surface area (Å²) >= 11 is 1.71. The van der Waals surface area contributed by atoms with Gasteiger partial charge in [-0.3, -0.25) is 4.90 Å². The second-order valence-electron chi connectivity index (χ2n) is 4.88. The largest absolute Gasteiger partial charge is 0.295 e. The average Bonchev–Trinajstić information content (AvgIpc) is 2.80. The zero-order valence-corrected chi connectivity index (χ0v) is 12.0. The molecule has 2 nitrogen and oxygen atoms in total. The van der Waals surface area contributed by atoms with E-state index in [2.05, 4.69) is 16.0 Å². The first-order valence-corrected chi connectivity index (χ1v) is 7.30. The van der Waals surface area contributed by atoms with E-state index in [9.17, 15) is 4.39 Å². The number of hydrogen-bond acceptors (Lipinski definition) is 3. The van der Waals surface area contributed by atoms with Gasteiger partial charge in [-0.05, 0) is 36.9 Å². The van der Waals surface area contributed by atoms with E-state index in [4.69, 9.17) is 0 Å². The van der Waals surface area contributed by atoms with Crippen molar-refractivity contribution in [2.24, 2.45) is 0 Å². The van der Waals surface area contributed by atoms with E-state index in [1.54, 1.807) is 23.5 Å². The van der Waals surface area contributed by atoms with Gasteiger partial charge in [0.05, 0.1) is 16.8 Å². The number of fused-ring (bicyclic) bond motifs is 1. The molecule has 0 atom stereocenters. The fourth-order valence-corrected chi connectivity index (χ4v) is 3.27. The molecule has 0 N–H and O–H groups in total. The number of benzene rings is 2. The second kappa shape index (κ2) is 5.69. The predicted molar refractivity (Wildman–Crippen MR) is 81.2 cm³/mol. The molecule has 4 heteroatoms. The van der Waals surface area contributed by atoms with Crippen molar-refractivity contribution in [1.29, 1.82) is 0 Å². The molecule has 0 saturated heterocycles. The van der Waals surface area contributed by atoms with Crippen LogP contribution < -0.4 is 0 Å². The van der Waals surface area contributed by atoms with Crippen LogP contribution in [0.25, 0.3) is 10.2 Å². The number of thiazole rings is 1. The van der Waals surface area contributed by atoms with E-state index in [0.717, 1.165) is 22.6 Å². The maximum atomic E-state index is 13.2. The number of halogens is 1. The van der Waals surface area contributed by atoms with Gasteiger partial charge in [0, 0.05) is 6.54 Å². The van der Waals surface area contributed by atoms with Crippen molar-refractivity contribution < 1.29 is 4.39 Å². The molecular weight excluding hydrogens is 271 g/mol. The van der Waals surface area contributed by atoms with Gasteiger partial charge in [-0.15, -0.1) is 11.3 Å². The molecule has 0 saturated carbocycles. The Morgan fingerprint density at radius 3 is 2.75 bits per heavy atom. The van der Waals surface area contributed by atoms with Crippen LogP contribution in [0.5, 0.6) is 0 Å². The highest BCUT2D eigenvalue weighted by Gasteiger charge is 2.07. The monoisotopic (exact) mass is 286 g/mol. The van der Waals surface area contributed by atoms with Crippen molar-refractivity contribution in [1.82, 2.24) is 9.88 Å². The number of hydrogen-bond donors (Lipinski definition) is 0. The smallest absolute Gasteiger partial charge is 0.123 e. The Balaban J connectivity index is 1.70. The summed E-state index contributed by atoms with van der Waals surface area (Å²) in [4.78, 5) is 6.76. The van der Waals surface area contributed by atoms with Crippen LogP contribution in [0.1, 0.15) is 10.6 Å². The van der Waals surface area contributed by atoms with Crippen molar-refractivity contribution in [3.8, 4) is 0 Å². The Labute approximate surface area is 121 Å². The summed E-state index contributed by atoms with van der Waals surface area (Å²) in [6.45, 7) is 1.49. The van der Waals surface area contributed by atoms with Gasteiger partial charge >= 0.3 is 0 Å². The first kappa shape index (κ1) is 13.2. The maximum absolute atomic E-state index is 13.2. The Morgan fingerprint density at radius 1 is 1.10 bits per heavy atom. The SMILES string of the molecule is CN(Cc1cccc(F)c1)Cc1nc2ccccc2s1. The zero-order valence-electron chi connectivity index (χ0n) is 11.2. The van der Waals surface area contributed by atoms with Crippen LogP contribution in [0, 0.1) is 5.82 Å². The number of rotatable bonds is 4. The lowest BCUT2D eigenvalue weighted by Crippen LogP contribution is -2.17. The van der Waals surface area contributed by atoms with Crippen LogP contribution >= 0.6 is 11.3 Å². The molecule has 1 heterocycles. The Morgan fingerprint density at radius 2 is 1.95 bits per heavy atom. The molecule has 0 unspecified atom stereocenters. The molecule has 0 aliphatic heterocycles. The highest BCUT2D eigenvalue weighted by atomic mass is 32.1. The van der Waals surface area contributed by atoms with Gasteiger partial charge in [-0.25, -0.2) is 9.37 Å². The second-order valence-corrected chi connectivity index (χ2v) is 5.99. The molecule has 0 spiro atoms. The van der Waals surface area contributed by atoms with Crippen LogP contribution in [0.4, 0.5) is 4.39 Å². The quantitative estimate of drug-likeness (QED) is 0.719. The summed E-state index contributed by atoms with van der Waals surface area (Å²) in [5.74, 6) is -0.184. The first-order valence-electron chi connectivity index (χ1n) is 6.48. The summed E-state index contributed by atoms with van der Waals surface area (Å²) in [6.07, 6.45) is 0.